The monoisotopic (exact) mass is 320 g/mol. The molecule has 0 aliphatic heterocycles. The third-order valence-electron chi connectivity index (χ3n) is 3.13. The van der Waals surface area contributed by atoms with E-state index in [-0.39, 0.29) is 16.3 Å². The Hall–Kier alpha value is -2.60. The summed E-state index contributed by atoms with van der Waals surface area (Å²) in [4.78, 5) is 22.4. The van der Waals surface area contributed by atoms with Crippen molar-refractivity contribution in [1.29, 1.82) is 0 Å². The molecule has 0 bridgehead atoms. The van der Waals surface area contributed by atoms with Gasteiger partial charge < -0.3 is 10.4 Å². The fourth-order valence-corrected chi connectivity index (χ4v) is 2.22. The number of anilines is 1. The molecule has 0 saturated heterocycles. The van der Waals surface area contributed by atoms with Crippen LogP contribution in [0.25, 0.3) is 0 Å². The molecule has 22 heavy (non-hydrogen) atoms. The van der Waals surface area contributed by atoms with Crippen molar-refractivity contribution in [3.63, 3.8) is 0 Å². The predicted octanol–water partition coefficient (Wildman–Crippen LogP) is 3.82. The first-order chi connectivity index (χ1) is 10.3. The molecule has 0 unspecified atom stereocenters. The molecule has 2 rings (SSSR count). The van der Waals surface area contributed by atoms with Gasteiger partial charge in [0, 0.05) is 17.8 Å². The molecule has 6 nitrogen and oxygen atoms in total. The van der Waals surface area contributed by atoms with Gasteiger partial charge in [-0.2, -0.15) is 0 Å². The molecule has 0 aliphatic rings. The van der Waals surface area contributed by atoms with Gasteiger partial charge in [-0.25, -0.2) is 0 Å². The second-order valence-electron chi connectivity index (χ2n) is 4.85. The van der Waals surface area contributed by atoms with E-state index in [1.54, 1.807) is 6.07 Å². The van der Waals surface area contributed by atoms with Gasteiger partial charge in [-0.15, -0.1) is 0 Å². The Labute approximate surface area is 131 Å². The molecule has 0 spiro atoms. The van der Waals surface area contributed by atoms with Gasteiger partial charge in [-0.05, 0) is 25.5 Å². The number of nitrogens with zero attached hydrogens (tertiary/aromatic N) is 1. The van der Waals surface area contributed by atoms with E-state index in [1.165, 1.54) is 0 Å². The van der Waals surface area contributed by atoms with Crippen molar-refractivity contribution >= 4 is 28.9 Å². The number of amides is 1. The molecule has 0 aromatic heterocycles. The van der Waals surface area contributed by atoms with E-state index in [2.05, 4.69) is 5.32 Å². The van der Waals surface area contributed by atoms with Crippen LogP contribution in [0.1, 0.15) is 21.5 Å². The quantitative estimate of drug-likeness (QED) is 0.664. The zero-order valence-corrected chi connectivity index (χ0v) is 12.6. The highest BCUT2D eigenvalue weighted by Crippen LogP contribution is 2.32. The molecule has 114 valence electrons. The molecule has 0 radical (unpaired) electrons. The topological polar surface area (TPSA) is 92.5 Å². The molecule has 2 N–H and O–H groups in total. The van der Waals surface area contributed by atoms with E-state index in [0.29, 0.717) is 5.69 Å². The Morgan fingerprint density at radius 1 is 1.27 bits per heavy atom. The summed E-state index contributed by atoms with van der Waals surface area (Å²) >= 11 is 5.73. The van der Waals surface area contributed by atoms with Gasteiger partial charge in [0.1, 0.15) is 5.75 Å². The van der Waals surface area contributed by atoms with Gasteiger partial charge in [0.2, 0.25) is 0 Å². The van der Waals surface area contributed by atoms with Crippen LogP contribution in [0.5, 0.6) is 5.75 Å². The van der Waals surface area contributed by atoms with E-state index in [4.69, 9.17) is 11.6 Å². The molecule has 7 heteroatoms. The largest absolute Gasteiger partial charge is 0.506 e. The number of aryl methyl sites for hydroxylation is 2. The summed E-state index contributed by atoms with van der Waals surface area (Å²) in [6.45, 7) is 3.74. The highest BCUT2D eigenvalue weighted by molar-refractivity contribution is 6.33. The fraction of sp³-hybridized carbons (Fsp3) is 0.133. The molecule has 2 aromatic carbocycles. The SMILES string of the molecule is Cc1ccc(NC(=O)c2cc([N+](=O)[O-])cc(Cl)c2O)c(C)c1. The molecular weight excluding hydrogens is 308 g/mol. The Morgan fingerprint density at radius 3 is 2.55 bits per heavy atom. The number of aromatic hydroxyl groups is 1. The lowest BCUT2D eigenvalue weighted by atomic mass is 10.1. The summed E-state index contributed by atoms with van der Waals surface area (Å²) in [5.41, 5.74) is 1.81. The summed E-state index contributed by atoms with van der Waals surface area (Å²) in [5, 5.41) is 23.0. The summed E-state index contributed by atoms with van der Waals surface area (Å²) in [7, 11) is 0. The Morgan fingerprint density at radius 2 is 1.95 bits per heavy atom. The maximum absolute atomic E-state index is 12.2. The number of nitrogens with one attached hydrogen (secondary N) is 1. The molecule has 2 aromatic rings. The van der Waals surface area contributed by atoms with Crippen LogP contribution in [0.4, 0.5) is 11.4 Å². The minimum absolute atomic E-state index is 0.250. The number of phenolic OH excluding ortho intramolecular Hbond substituents is 1. The zero-order chi connectivity index (χ0) is 16.4. The number of phenols is 1. The van der Waals surface area contributed by atoms with E-state index in [0.717, 1.165) is 23.3 Å². The maximum Gasteiger partial charge on any atom is 0.271 e. The first-order valence-corrected chi connectivity index (χ1v) is 6.73. The van der Waals surface area contributed by atoms with Crippen molar-refractivity contribution in [2.24, 2.45) is 0 Å². The Balaban J connectivity index is 2.39. The summed E-state index contributed by atoms with van der Waals surface area (Å²) < 4.78 is 0. The van der Waals surface area contributed by atoms with Gasteiger partial charge >= 0.3 is 0 Å². The number of carbonyl (C=O) groups is 1. The van der Waals surface area contributed by atoms with Crippen molar-refractivity contribution in [1.82, 2.24) is 0 Å². The first-order valence-electron chi connectivity index (χ1n) is 6.35. The number of hydrogen-bond donors (Lipinski definition) is 2. The van der Waals surface area contributed by atoms with E-state index in [9.17, 15) is 20.0 Å². The fourth-order valence-electron chi connectivity index (χ4n) is 2.01. The van der Waals surface area contributed by atoms with Crippen LogP contribution in [0, 0.1) is 24.0 Å². The van der Waals surface area contributed by atoms with Crippen LogP contribution in [-0.2, 0) is 0 Å². The van der Waals surface area contributed by atoms with Gasteiger partial charge in [0.15, 0.2) is 0 Å². The number of carbonyl (C=O) groups excluding carboxylic acids is 1. The van der Waals surface area contributed by atoms with Gasteiger partial charge in [-0.1, -0.05) is 29.3 Å². The second-order valence-corrected chi connectivity index (χ2v) is 5.26. The average Bonchev–Trinajstić information content (AvgIpc) is 2.44. The lowest BCUT2D eigenvalue weighted by Gasteiger charge is -2.10. The van der Waals surface area contributed by atoms with Crippen molar-refractivity contribution in [2.75, 3.05) is 5.32 Å². The van der Waals surface area contributed by atoms with Crippen LogP contribution < -0.4 is 5.32 Å². The summed E-state index contributed by atoms with van der Waals surface area (Å²) in [6, 6.07) is 7.40. The first kappa shape index (κ1) is 15.8. The van der Waals surface area contributed by atoms with Gasteiger partial charge in [-0.3, -0.25) is 14.9 Å². The van der Waals surface area contributed by atoms with Crippen LogP contribution in [0.2, 0.25) is 5.02 Å². The lowest BCUT2D eigenvalue weighted by Crippen LogP contribution is -2.13. The van der Waals surface area contributed by atoms with E-state index in [1.807, 2.05) is 26.0 Å². The Bertz CT molecular complexity index is 774. The smallest absolute Gasteiger partial charge is 0.271 e. The maximum atomic E-state index is 12.2. The lowest BCUT2D eigenvalue weighted by molar-refractivity contribution is -0.384. The predicted molar refractivity (Wildman–Crippen MR) is 83.6 cm³/mol. The number of hydrogen-bond acceptors (Lipinski definition) is 4. The molecule has 0 saturated carbocycles. The number of rotatable bonds is 3. The number of nitro benzene ring substituents is 1. The third kappa shape index (κ3) is 3.17. The number of nitro groups is 1. The van der Waals surface area contributed by atoms with Crippen molar-refractivity contribution < 1.29 is 14.8 Å². The van der Waals surface area contributed by atoms with Crippen LogP contribution in [-0.4, -0.2) is 15.9 Å². The number of benzene rings is 2. The minimum Gasteiger partial charge on any atom is -0.506 e. The highest BCUT2D eigenvalue weighted by atomic mass is 35.5. The standard InChI is InChI=1S/C15H13ClN2O4/c1-8-3-4-13(9(2)5-8)17-15(20)11-6-10(18(21)22)7-12(16)14(11)19/h3-7,19H,1-2H3,(H,17,20). The van der Waals surface area contributed by atoms with Crippen molar-refractivity contribution in [2.45, 2.75) is 13.8 Å². The second kappa shape index (κ2) is 6.03. The molecule has 0 fully saturated rings. The van der Waals surface area contributed by atoms with E-state index < -0.39 is 16.6 Å². The average molecular weight is 321 g/mol. The van der Waals surface area contributed by atoms with Gasteiger partial charge in [0.25, 0.3) is 11.6 Å². The van der Waals surface area contributed by atoms with E-state index >= 15 is 0 Å². The third-order valence-corrected chi connectivity index (χ3v) is 3.42. The number of non-ortho nitro benzene ring substituents is 1. The van der Waals surface area contributed by atoms with Crippen LogP contribution in [0.3, 0.4) is 0 Å². The molecule has 0 heterocycles. The van der Waals surface area contributed by atoms with Crippen molar-refractivity contribution in [3.05, 3.63) is 62.2 Å². The highest BCUT2D eigenvalue weighted by Gasteiger charge is 2.20. The van der Waals surface area contributed by atoms with Gasteiger partial charge in [0.05, 0.1) is 15.5 Å². The molecule has 0 aliphatic carbocycles. The zero-order valence-electron chi connectivity index (χ0n) is 11.9. The van der Waals surface area contributed by atoms with Crippen LogP contribution >= 0.6 is 11.6 Å². The summed E-state index contributed by atoms with van der Waals surface area (Å²) in [6.07, 6.45) is 0. The normalized spacial score (nSPS) is 10.3. The van der Waals surface area contributed by atoms with Crippen LogP contribution in [0.15, 0.2) is 30.3 Å². The molecule has 1 amide bonds. The Kier molecular flexibility index (Phi) is 4.32. The molecule has 0 atom stereocenters. The van der Waals surface area contributed by atoms with Crippen molar-refractivity contribution in [3.8, 4) is 5.75 Å². The summed E-state index contributed by atoms with van der Waals surface area (Å²) in [5.74, 6) is -1.16. The number of halogens is 1. The molecular formula is C15H13ClN2O4. The minimum atomic E-state index is -0.681.